The van der Waals surface area contributed by atoms with E-state index < -0.39 is 22.5 Å². The molecule has 0 bridgehead atoms. The third kappa shape index (κ3) is 4.64. The van der Waals surface area contributed by atoms with Crippen LogP contribution >= 0.6 is 0 Å². The van der Waals surface area contributed by atoms with Crippen molar-refractivity contribution in [1.29, 1.82) is 5.26 Å². The second kappa shape index (κ2) is 7.05. The second-order valence-electron chi connectivity index (χ2n) is 4.88. The molecule has 23 heavy (non-hydrogen) atoms. The van der Waals surface area contributed by atoms with Crippen molar-refractivity contribution in [2.75, 3.05) is 11.9 Å². The zero-order chi connectivity index (χ0) is 16.9. The van der Waals surface area contributed by atoms with Crippen LogP contribution in [0, 0.1) is 18.3 Å². The summed E-state index contributed by atoms with van der Waals surface area (Å²) in [5.41, 5.74) is 1.78. The fraction of sp³-hybridized carbons (Fsp3) is 0.125. The van der Waals surface area contributed by atoms with Crippen LogP contribution in [0.4, 0.5) is 5.69 Å². The number of nitrogens with zero attached hydrogens (tertiary/aromatic N) is 1. The lowest BCUT2D eigenvalue weighted by atomic mass is 10.2. The maximum absolute atomic E-state index is 12.1. The second-order valence-corrected chi connectivity index (χ2v) is 6.65. The molecule has 0 heterocycles. The molecule has 0 radical (unpaired) electrons. The lowest BCUT2D eigenvalue weighted by Gasteiger charge is -2.08. The Morgan fingerprint density at radius 3 is 2.52 bits per heavy atom. The minimum absolute atomic E-state index is 0.0994. The normalized spacial score (nSPS) is 10.8. The molecule has 0 saturated heterocycles. The maximum atomic E-state index is 12.1. The van der Waals surface area contributed by atoms with Crippen LogP contribution in [0.15, 0.2) is 53.4 Å². The van der Waals surface area contributed by atoms with Gasteiger partial charge in [-0.05, 0) is 37.3 Å². The molecule has 118 valence electrons. The van der Waals surface area contributed by atoms with Gasteiger partial charge < -0.3 is 5.32 Å². The molecule has 0 aliphatic carbocycles. The van der Waals surface area contributed by atoms with Gasteiger partial charge in [0.15, 0.2) is 0 Å². The van der Waals surface area contributed by atoms with E-state index in [2.05, 4.69) is 10.0 Å². The fourth-order valence-electron chi connectivity index (χ4n) is 1.83. The van der Waals surface area contributed by atoms with Crippen LogP contribution in [-0.4, -0.2) is 20.9 Å². The van der Waals surface area contributed by atoms with Crippen LogP contribution < -0.4 is 10.0 Å². The summed E-state index contributed by atoms with van der Waals surface area (Å²) in [6, 6.07) is 14.6. The van der Waals surface area contributed by atoms with E-state index >= 15 is 0 Å². The summed E-state index contributed by atoms with van der Waals surface area (Å²) in [5.74, 6) is -0.518. The van der Waals surface area contributed by atoms with Crippen LogP contribution in [-0.2, 0) is 14.8 Å². The molecule has 0 aliphatic heterocycles. The molecule has 2 rings (SSSR count). The average Bonchev–Trinajstić information content (AvgIpc) is 2.54. The molecular formula is C16H15N3O3S. The summed E-state index contributed by atoms with van der Waals surface area (Å²) in [5, 5.41) is 11.3. The van der Waals surface area contributed by atoms with Gasteiger partial charge in [0, 0.05) is 5.69 Å². The molecular weight excluding hydrogens is 314 g/mol. The van der Waals surface area contributed by atoms with Gasteiger partial charge in [0.1, 0.15) is 0 Å². The summed E-state index contributed by atoms with van der Waals surface area (Å²) >= 11 is 0. The van der Waals surface area contributed by atoms with Gasteiger partial charge in [0.05, 0.1) is 23.1 Å². The van der Waals surface area contributed by atoms with E-state index in [0.717, 1.165) is 5.56 Å². The van der Waals surface area contributed by atoms with E-state index in [-0.39, 0.29) is 4.90 Å². The Labute approximate surface area is 134 Å². The summed E-state index contributed by atoms with van der Waals surface area (Å²) < 4.78 is 26.4. The number of anilines is 1. The lowest BCUT2D eigenvalue weighted by molar-refractivity contribution is -0.115. The van der Waals surface area contributed by atoms with Crippen molar-refractivity contribution in [2.24, 2.45) is 0 Å². The standard InChI is InChI=1S/C16H15N3O3S/c1-12-5-7-15(8-6-12)23(21,22)18-11-16(20)19-14-4-2-3-13(9-14)10-17/h2-9,18H,11H2,1H3,(H,19,20). The summed E-state index contributed by atoms with van der Waals surface area (Å²) in [6.07, 6.45) is 0. The summed E-state index contributed by atoms with van der Waals surface area (Å²) in [7, 11) is -3.74. The van der Waals surface area contributed by atoms with E-state index in [0.29, 0.717) is 11.3 Å². The van der Waals surface area contributed by atoms with Crippen molar-refractivity contribution in [3.8, 4) is 6.07 Å². The SMILES string of the molecule is Cc1ccc(S(=O)(=O)NCC(=O)Nc2cccc(C#N)c2)cc1. The molecule has 0 aliphatic rings. The molecule has 0 aromatic heterocycles. The molecule has 0 saturated carbocycles. The molecule has 1 amide bonds. The Hall–Kier alpha value is -2.69. The van der Waals surface area contributed by atoms with E-state index in [9.17, 15) is 13.2 Å². The number of rotatable bonds is 5. The monoisotopic (exact) mass is 329 g/mol. The molecule has 2 aromatic rings. The molecule has 0 atom stereocenters. The highest BCUT2D eigenvalue weighted by Gasteiger charge is 2.15. The van der Waals surface area contributed by atoms with Crippen LogP contribution in [0.5, 0.6) is 0 Å². The minimum atomic E-state index is -3.74. The highest BCUT2D eigenvalue weighted by Crippen LogP contribution is 2.11. The molecule has 6 nitrogen and oxygen atoms in total. The van der Waals surface area contributed by atoms with Crippen molar-refractivity contribution in [2.45, 2.75) is 11.8 Å². The Bertz CT molecular complexity index is 853. The predicted octanol–water partition coefficient (Wildman–Crippen LogP) is 1.78. The predicted molar refractivity (Wildman–Crippen MR) is 86.2 cm³/mol. The lowest BCUT2D eigenvalue weighted by Crippen LogP contribution is -2.32. The van der Waals surface area contributed by atoms with Crippen LogP contribution in [0.3, 0.4) is 0 Å². The van der Waals surface area contributed by atoms with Crippen molar-refractivity contribution < 1.29 is 13.2 Å². The van der Waals surface area contributed by atoms with Crippen LogP contribution in [0.25, 0.3) is 0 Å². The van der Waals surface area contributed by atoms with E-state index in [1.165, 1.54) is 18.2 Å². The Kier molecular flexibility index (Phi) is 5.11. The number of carbonyl (C=O) groups excluding carboxylic acids is 1. The number of hydrogen-bond donors (Lipinski definition) is 2. The number of sulfonamides is 1. The van der Waals surface area contributed by atoms with E-state index in [4.69, 9.17) is 5.26 Å². The van der Waals surface area contributed by atoms with Gasteiger partial charge in [-0.1, -0.05) is 23.8 Å². The number of aryl methyl sites for hydroxylation is 1. The largest absolute Gasteiger partial charge is 0.325 e. The Morgan fingerprint density at radius 2 is 1.87 bits per heavy atom. The van der Waals surface area contributed by atoms with Gasteiger partial charge in [0.25, 0.3) is 0 Å². The first-order chi connectivity index (χ1) is 10.9. The maximum Gasteiger partial charge on any atom is 0.241 e. The first-order valence-corrected chi connectivity index (χ1v) is 8.25. The van der Waals surface area contributed by atoms with E-state index in [1.807, 2.05) is 13.0 Å². The molecule has 0 spiro atoms. The molecule has 0 unspecified atom stereocenters. The Morgan fingerprint density at radius 1 is 1.17 bits per heavy atom. The highest BCUT2D eigenvalue weighted by atomic mass is 32.2. The number of nitrogens with one attached hydrogen (secondary N) is 2. The quantitative estimate of drug-likeness (QED) is 0.873. The van der Waals surface area contributed by atoms with Crippen molar-refractivity contribution in [3.63, 3.8) is 0 Å². The number of carbonyl (C=O) groups is 1. The fourth-order valence-corrected chi connectivity index (χ4v) is 2.82. The van der Waals surface area contributed by atoms with Gasteiger partial charge in [-0.15, -0.1) is 0 Å². The molecule has 2 aromatic carbocycles. The topological polar surface area (TPSA) is 99.1 Å². The van der Waals surface area contributed by atoms with Crippen LogP contribution in [0.1, 0.15) is 11.1 Å². The number of amides is 1. The van der Waals surface area contributed by atoms with Crippen molar-refractivity contribution >= 4 is 21.6 Å². The third-order valence-corrected chi connectivity index (χ3v) is 4.45. The Balaban J connectivity index is 1.98. The molecule has 2 N–H and O–H groups in total. The smallest absolute Gasteiger partial charge is 0.241 e. The number of nitriles is 1. The first kappa shape index (κ1) is 16.7. The molecule has 0 fully saturated rings. The van der Waals surface area contributed by atoms with E-state index in [1.54, 1.807) is 30.3 Å². The summed E-state index contributed by atoms with van der Waals surface area (Å²) in [4.78, 5) is 11.9. The van der Waals surface area contributed by atoms with Gasteiger partial charge in [-0.2, -0.15) is 5.26 Å². The van der Waals surface area contributed by atoms with Gasteiger partial charge in [0.2, 0.25) is 15.9 Å². The minimum Gasteiger partial charge on any atom is -0.325 e. The number of benzene rings is 2. The first-order valence-electron chi connectivity index (χ1n) is 6.77. The number of hydrogen-bond acceptors (Lipinski definition) is 4. The van der Waals surface area contributed by atoms with Gasteiger partial charge in [-0.3, -0.25) is 4.79 Å². The van der Waals surface area contributed by atoms with Crippen molar-refractivity contribution in [3.05, 3.63) is 59.7 Å². The van der Waals surface area contributed by atoms with Gasteiger partial charge in [-0.25, -0.2) is 13.1 Å². The summed E-state index contributed by atoms with van der Waals surface area (Å²) in [6.45, 7) is 1.46. The highest BCUT2D eigenvalue weighted by molar-refractivity contribution is 7.89. The zero-order valence-electron chi connectivity index (χ0n) is 12.4. The zero-order valence-corrected chi connectivity index (χ0v) is 13.2. The third-order valence-electron chi connectivity index (χ3n) is 3.03. The van der Waals surface area contributed by atoms with Crippen LogP contribution in [0.2, 0.25) is 0 Å². The molecule has 7 heteroatoms. The average molecular weight is 329 g/mol. The van der Waals surface area contributed by atoms with Gasteiger partial charge >= 0.3 is 0 Å². The van der Waals surface area contributed by atoms with Crippen molar-refractivity contribution in [1.82, 2.24) is 4.72 Å².